The van der Waals surface area contributed by atoms with Gasteiger partial charge in [-0.2, -0.15) is 0 Å². The molecule has 0 radical (unpaired) electrons. The summed E-state index contributed by atoms with van der Waals surface area (Å²) in [5, 5.41) is 24.2. The average Bonchev–Trinajstić information content (AvgIpc) is 3.45. The Balaban J connectivity index is 1.87. The molecule has 4 rings (SSSR count). The SMILES string of the molecule is COC(=O)C[C@H](O)C[C@H](O)C=Cc1c(-c2ccc(F)cc2)c(-c2ccccc2)c(C(=O)NCc2ccc(OC)c(C(=O)OC)c2)n1C(C)C. The van der Waals surface area contributed by atoms with E-state index in [0.717, 1.165) is 5.56 Å². The van der Waals surface area contributed by atoms with Crippen molar-refractivity contribution in [3.8, 4) is 28.0 Å². The van der Waals surface area contributed by atoms with E-state index in [2.05, 4.69) is 10.1 Å². The lowest BCUT2D eigenvalue weighted by Gasteiger charge is -2.18. The first-order valence-electron chi connectivity index (χ1n) is 15.7. The number of carbonyl (C=O) groups excluding carboxylic acids is 3. The second-order valence-electron chi connectivity index (χ2n) is 11.6. The molecule has 0 bridgehead atoms. The monoisotopic (exact) mass is 672 g/mol. The van der Waals surface area contributed by atoms with Crippen molar-refractivity contribution in [1.82, 2.24) is 9.88 Å². The minimum absolute atomic E-state index is 0.0676. The Hall–Kier alpha value is -5.26. The summed E-state index contributed by atoms with van der Waals surface area (Å²) >= 11 is 0. The molecule has 1 heterocycles. The van der Waals surface area contributed by atoms with Gasteiger partial charge in [0.1, 0.15) is 22.8 Å². The molecule has 0 saturated carbocycles. The van der Waals surface area contributed by atoms with Gasteiger partial charge in [-0.25, -0.2) is 9.18 Å². The maximum atomic E-state index is 14.3. The number of aliphatic hydroxyl groups is 2. The van der Waals surface area contributed by atoms with Gasteiger partial charge < -0.3 is 34.3 Å². The average molecular weight is 673 g/mol. The summed E-state index contributed by atoms with van der Waals surface area (Å²) < 4.78 is 30.8. The van der Waals surface area contributed by atoms with Crippen molar-refractivity contribution < 1.29 is 43.2 Å². The smallest absolute Gasteiger partial charge is 0.341 e. The molecule has 0 fully saturated rings. The lowest BCUT2D eigenvalue weighted by Crippen LogP contribution is -2.27. The zero-order valence-electron chi connectivity index (χ0n) is 28.1. The molecule has 0 aliphatic rings. The number of ether oxygens (including phenoxy) is 3. The van der Waals surface area contributed by atoms with Crippen LogP contribution in [0.25, 0.3) is 28.3 Å². The van der Waals surface area contributed by atoms with E-state index >= 15 is 0 Å². The third-order valence-corrected chi connectivity index (χ3v) is 7.91. The standard InChI is InChI=1S/C38H41FN2O8/c1-23(2)41-31(17-16-28(42)20-29(43)21-33(44)48-4)34(26-12-14-27(39)15-13-26)35(25-9-7-6-8-10-25)36(41)37(45)40-22-24-11-18-32(47-3)30(19-24)38(46)49-5/h6-19,23,28-29,42-43H,20-22H2,1-5H3,(H,40,45)/t28-,29-/m1/s1. The first-order valence-corrected chi connectivity index (χ1v) is 15.7. The summed E-state index contributed by atoms with van der Waals surface area (Å²) in [7, 11) is 3.94. The zero-order valence-corrected chi connectivity index (χ0v) is 28.1. The summed E-state index contributed by atoms with van der Waals surface area (Å²) in [6, 6.07) is 19.9. The van der Waals surface area contributed by atoms with E-state index in [4.69, 9.17) is 9.47 Å². The molecule has 3 aromatic carbocycles. The number of hydrogen-bond donors (Lipinski definition) is 3. The lowest BCUT2D eigenvalue weighted by molar-refractivity contribution is -0.143. The largest absolute Gasteiger partial charge is 0.496 e. The van der Waals surface area contributed by atoms with Gasteiger partial charge in [-0.15, -0.1) is 0 Å². The molecule has 1 aromatic heterocycles. The first kappa shape index (κ1) is 36.6. The summed E-state index contributed by atoms with van der Waals surface area (Å²) in [5.74, 6) is -1.69. The van der Waals surface area contributed by atoms with Crippen LogP contribution in [0.4, 0.5) is 4.39 Å². The van der Waals surface area contributed by atoms with Crippen molar-refractivity contribution >= 4 is 23.9 Å². The number of nitrogens with one attached hydrogen (secondary N) is 1. The van der Waals surface area contributed by atoms with Crippen molar-refractivity contribution in [2.45, 2.75) is 51.5 Å². The third-order valence-electron chi connectivity index (χ3n) is 7.91. The summed E-state index contributed by atoms with van der Waals surface area (Å²) in [5.41, 5.74) is 4.30. The number of aromatic nitrogens is 1. The van der Waals surface area contributed by atoms with Gasteiger partial charge in [0.25, 0.3) is 5.91 Å². The fourth-order valence-electron chi connectivity index (χ4n) is 5.64. The van der Waals surface area contributed by atoms with E-state index in [9.17, 15) is 29.0 Å². The van der Waals surface area contributed by atoms with Crippen LogP contribution in [0.15, 0.2) is 78.9 Å². The van der Waals surface area contributed by atoms with Gasteiger partial charge >= 0.3 is 11.9 Å². The molecule has 0 spiro atoms. The molecule has 4 aromatic rings. The topological polar surface area (TPSA) is 136 Å². The van der Waals surface area contributed by atoms with E-state index in [0.29, 0.717) is 39.4 Å². The number of benzene rings is 3. The Morgan fingerprint density at radius 2 is 1.57 bits per heavy atom. The Bertz CT molecular complexity index is 1800. The number of nitrogens with zero attached hydrogens (tertiary/aromatic N) is 1. The fraction of sp³-hybridized carbons (Fsp3) is 0.289. The molecule has 11 heteroatoms. The van der Waals surface area contributed by atoms with Crippen molar-refractivity contribution in [2.24, 2.45) is 0 Å². The quantitative estimate of drug-likeness (QED) is 0.140. The Morgan fingerprint density at radius 1 is 0.898 bits per heavy atom. The molecule has 258 valence electrons. The van der Waals surface area contributed by atoms with E-state index < -0.39 is 35.9 Å². The van der Waals surface area contributed by atoms with Crippen LogP contribution in [-0.2, 0) is 20.8 Å². The molecule has 0 aliphatic heterocycles. The number of carbonyl (C=O) groups is 3. The first-order chi connectivity index (χ1) is 23.5. The van der Waals surface area contributed by atoms with Crippen LogP contribution < -0.4 is 10.1 Å². The van der Waals surface area contributed by atoms with Crippen LogP contribution in [0.2, 0.25) is 0 Å². The van der Waals surface area contributed by atoms with E-state index in [1.165, 1.54) is 39.5 Å². The molecule has 0 saturated heterocycles. The maximum Gasteiger partial charge on any atom is 0.341 e. The molecule has 10 nitrogen and oxygen atoms in total. The van der Waals surface area contributed by atoms with Crippen LogP contribution >= 0.6 is 0 Å². The van der Waals surface area contributed by atoms with E-state index in [1.54, 1.807) is 36.4 Å². The number of methoxy groups -OCH3 is 3. The Morgan fingerprint density at radius 3 is 2.18 bits per heavy atom. The van der Waals surface area contributed by atoms with Gasteiger partial charge in [-0.3, -0.25) is 9.59 Å². The Kier molecular flexibility index (Phi) is 12.5. The molecule has 2 atom stereocenters. The van der Waals surface area contributed by atoms with Gasteiger partial charge in [0, 0.05) is 35.8 Å². The van der Waals surface area contributed by atoms with Gasteiger partial charge in [0.05, 0.1) is 40.0 Å². The predicted molar refractivity (Wildman–Crippen MR) is 183 cm³/mol. The highest BCUT2D eigenvalue weighted by Crippen LogP contribution is 2.42. The Labute approximate surface area is 284 Å². The molecule has 0 unspecified atom stereocenters. The van der Waals surface area contributed by atoms with Crippen molar-refractivity contribution in [3.63, 3.8) is 0 Å². The number of amides is 1. The predicted octanol–water partition coefficient (Wildman–Crippen LogP) is 5.96. The fourth-order valence-corrected chi connectivity index (χ4v) is 5.64. The normalized spacial score (nSPS) is 12.5. The van der Waals surface area contributed by atoms with E-state index in [-0.39, 0.29) is 31.0 Å². The number of hydrogen-bond acceptors (Lipinski definition) is 8. The van der Waals surface area contributed by atoms with Crippen LogP contribution in [0.5, 0.6) is 5.75 Å². The van der Waals surface area contributed by atoms with Gasteiger partial charge in [0.15, 0.2) is 0 Å². The molecular formula is C38H41FN2O8. The van der Waals surface area contributed by atoms with Crippen molar-refractivity contribution in [1.29, 1.82) is 0 Å². The molecule has 0 aliphatic carbocycles. The van der Waals surface area contributed by atoms with Crippen LogP contribution in [0.1, 0.15) is 64.8 Å². The zero-order chi connectivity index (χ0) is 35.7. The minimum atomic E-state index is -1.15. The molecular weight excluding hydrogens is 631 g/mol. The van der Waals surface area contributed by atoms with E-state index in [1.807, 2.05) is 48.7 Å². The summed E-state index contributed by atoms with van der Waals surface area (Å²) in [6.07, 6.45) is 0.469. The maximum absolute atomic E-state index is 14.3. The highest BCUT2D eigenvalue weighted by molar-refractivity contribution is 6.06. The minimum Gasteiger partial charge on any atom is -0.496 e. The third kappa shape index (κ3) is 8.81. The number of rotatable bonds is 14. The number of esters is 2. The second kappa shape index (κ2) is 16.7. The van der Waals surface area contributed by atoms with Crippen LogP contribution in [0.3, 0.4) is 0 Å². The summed E-state index contributed by atoms with van der Waals surface area (Å²) in [6.45, 7) is 3.90. The lowest BCUT2D eigenvalue weighted by atomic mass is 9.94. The molecule has 49 heavy (non-hydrogen) atoms. The van der Waals surface area contributed by atoms with Gasteiger partial charge in [-0.1, -0.05) is 54.6 Å². The van der Waals surface area contributed by atoms with Crippen LogP contribution in [-0.4, -0.2) is 66.2 Å². The van der Waals surface area contributed by atoms with Gasteiger partial charge in [-0.05, 0) is 60.9 Å². The molecule has 1 amide bonds. The highest BCUT2D eigenvalue weighted by atomic mass is 19.1. The second-order valence-corrected chi connectivity index (χ2v) is 11.6. The highest BCUT2D eigenvalue weighted by Gasteiger charge is 2.29. The molecule has 3 N–H and O–H groups in total. The number of aliphatic hydroxyl groups excluding tert-OH is 2. The van der Waals surface area contributed by atoms with Gasteiger partial charge in [0.2, 0.25) is 0 Å². The summed E-state index contributed by atoms with van der Waals surface area (Å²) in [4.78, 5) is 38.3. The van der Waals surface area contributed by atoms with Crippen LogP contribution in [0, 0.1) is 5.82 Å². The number of halogens is 1. The van der Waals surface area contributed by atoms with Crippen molar-refractivity contribution in [2.75, 3.05) is 21.3 Å². The van der Waals surface area contributed by atoms with Crippen molar-refractivity contribution in [3.05, 3.63) is 107 Å².